The van der Waals surface area contributed by atoms with Crippen LogP contribution in [0.1, 0.15) is 0 Å². The van der Waals surface area contributed by atoms with Crippen LogP contribution in [0.2, 0.25) is 0 Å². The third kappa shape index (κ3) is 63.9. The zero-order valence-corrected chi connectivity index (χ0v) is 28.6. The van der Waals surface area contributed by atoms with Gasteiger partial charge in [-0.15, -0.1) is 0 Å². The zero-order chi connectivity index (χ0) is 32.7. The molecule has 30 nitrogen and oxygen atoms in total. The molecule has 0 bridgehead atoms. The molecule has 0 fully saturated rings. The van der Waals surface area contributed by atoms with Crippen LogP contribution in [0.3, 0.4) is 0 Å². The van der Waals surface area contributed by atoms with Gasteiger partial charge in [-0.25, -0.2) is 41.1 Å². The first-order valence-electron chi connectivity index (χ1n) is 6.83. The summed E-state index contributed by atoms with van der Waals surface area (Å²) in [5, 5.41) is 0. The van der Waals surface area contributed by atoms with Crippen LogP contribution in [0.15, 0.2) is 0 Å². The van der Waals surface area contributed by atoms with Crippen LogP contribution in [-0.4, -0.2) is 160 Å². The van der Waals surface area contributed by atoms with Gasteiger partial charge in [0.25, 0.3) is 0 Å². The second-order valence-corrected chi connectivity index (χ2v) is 17.5. The molecule has 0 aromatic rings. The maximum atomic E-state index is 10.4. The Balaban J connectivity index is -0.0000000579. The van der Waals surface area contributed by atoms with Gasteiger partial charge in [0.2, 0.25) is 0 Å². The van der Waals surface area contributed by atoms with Crippen LogP contribution in [0.25, 0.3) is 0 Å². The van der Waals surface area contributed by atoms with E-state index in [9.17, 15) is 41.1 Å². The van der Waals surface area contributed by atoms with Crippen molar-refractivity contribution >= 4 is 157 Å². The molecule has 0 aliphatic rings. The molecular weight excluding hydrogens is 959 g/mol. The minimum Gasteiger partial charge on any atom is -0.302 e. The average molecular weight is 989 g/mol. The quantitative estimate of drug-likeness (QED) is 0.0638. The van der Waals surface area contributed by atoms with E-state index >= 15 is 0 Å². The van der Waals surface area contributed by atoms with Gasteiger partial charge in [0.15, 0.2) is 86.8 Å². The van der Waals surface area contributed by atoms with E-state index in [4.69, 9.17) is 73.4 Å². The largest absolute Gasteiger partial charge is 0.490 e. The third-order valence-corrected chi connectivity index (χ3v) is 11.3. The smallest absolute Gasteiger partial charge is 0.302 e. The maximum Gasteiger partial charge on any atom is 0.490 e. The minimum absolute atomic E-state index is 0. The molecule has 0 aromatic heterocycles. The molecule has 0 saturated heterocycles. The molecule has 0 rings (SSSR count). The maximum absolute atomic E-state index is 10.4. The van der Waals surface area contributed by atoms with E-state index < -0.39 is 70.4 Å². The summed E-state index contributed by atoms with van der Waals surface area (Å²) in [6.07, 6.45) is 0. The molecule has 45 heteroatoms. The summed E-state index contributed by atoms with van der Waals surface area (Å²) in [7, 11) is -48.5. The van der Waals surface area contributed by atoms with Gasteiger partial charge in [0.05, 0.1) is 0 Å². The Hall–Kier alpha value is 4.52. The van der Waals surface area contributed by atoms with Crippen molar-refractivity contribution in [2.75, 3.05) is 0 Å². The molecular formula is H30Al5O30P9Zn. The van der Waals surface area contributed by atoms with Crippen molar-refractivity contribution in [3.63, 3.8) is 0 Å². The van der Waals surface area contributed by atoms with Gasteiger partial charge in [-0.2, -0.15) is 25.9 Å². The van der Waals surface area contributed by atoms with Crippen molar-refractivity contribution in [3.8, 4) is 0 Å². The van der Waals surface area contributed by atoms with Crippen LogP contribution in [0.4, 0.5) is 0 Å². The first-order chi connectivity index (χ1) is 16.2. The standard InChI is InChI=1S/5Al.3H5O10P3.Zn.15H/c;;;;;3*1-11(2,3)9-13(7,8)10-12(4,5)6;;;;;;;;;;;;;;;;/h;;;;;3*(H,7,8)(H2,1,2,3)(H2,4,5,6);;;;;;;;;;;;;;;;. The summed E-state index contributed by atoms with van der Waals surface area (Å²) >= 11 is 0. The van der Waals surface area contributed by atoms with Crippen LogP contribution < -0.4 is 0 Å². The van der Waals surface area contributed by atoms with Gasteiger partial charge in [-0.05, 0) is 0 Å². The van der Waals surface area contributed by atoms with Gasteiger partial charge >= 0.3 is 70.4 Å². The monoisotopic (exact) mass is 988 g/mol. The Morgan fingerprint density at radius 1 is 0.244 bits per heavy atom. The molecule has 272 valence electrons. The SMILES string of the molecule is O=P(O)(O)OP(=O)(O)OP(=O)(O)O.O=P(O)(O)OP(=O)(O)OP(=O)(O)O.O=P(O)(O)OP(=O)(O)OP(=O)(O)O.[AlH3].[AlH3].[AlH3].[AlH3].[AlH3].[Zn]. The molecule has 0 radical (unpaired) electrons. The minimum atomic E-state index is -5.46. The topological polar surface area (TPSA) is 512 Å². The van der Waals surface area contributed by atoms with E-state index in [0.717, 1.165) is 0 Å². The van der Waals surface area contributed by atoms with E-state index in [1.54, 1.807) is 0 Å². The molecule has 15 N–H and O–H groups in total. The average Bonchev–Trinajstić information content (AvgIpc) is 2.28. The van der Waals surface area contributed by atoms with Crippen molar-refractivity contribution in [2.24, 2.45) is 0 Å². The van der Waals surface area contributed by atoms with Crippen LogP contribution in [0.5, 0.6) is 0 Å². The van der Waals surface area contributed by atoms with Gasteiger partial charge < -0.3 is 73.4 Å². The Kier molecular flexibility index (Phi) is 41.5. The van der Waals surface area contributed by atoms with Crippen molar-refractivity contribution in [2.45, 2.75) is 0 Å². The summed E-state index contributed by atoms with van der Waals surface area (Å²) < 4.78 is 109. The predicted molar refractivity (Wildman–Crippen MR) is 158 cm³/mol. The second kappa shape index (κ2) is 26.3. The molecule has 0 amide bonds. The first-order valence-corrected chi connectivity index (χ1v) is 20.5. The van der Waals surface area contributed by atoms with Gasteiger partial charge in [0.1, 0.15) is 0 Å². The van der Waals surface area contributed by atoms with Gasteiger partial charge in [-0.3, -0.25) is 0 Å². The zero-order valence-electron chi connectivity index (χ0n) is 17.6. The number of phosphoric acid groups is 9. The Bertz CT molecular complexity index is 998. The molecule has 0 heterocycles. The van der Waals surface area contributed by atoms with Crippen molar-refractivity contribution in [1.29, 1.82) is 0 Å². The molecule has 0 unspecified atom stereocenters. The van der Waals surface area contributed by atoms with Crippen molar-refractivity contribution in [3.05, 3.63) is 0 Å². The Labute approximate surface area is 314 Å². The number of hydrogen-bond acceptors (Lipinski definition) is 15. The molecule has 0 aromatic carbocycles. The molecule has 0 spiro atoms. The van der Waals surface area contributed by atoms with E-state index in [1.165, 1.54) is 0 Å². The third-order valence-electron chi connectivity index (χ3n) is 1.26. The van der Waals surface area contributed by atoms with E-state index in [2.05, 4.69) is 25.9 Å². The summed E-state index contributed by atoms with van der Waals surface area (Å²) in [5.41, 5.74) is 0. The molecule has 0 aliphatic heterocycles. The summed E-state index contributed by atoms with van der Waals surface area (Å²) in [6.45, 7) is 0. The summed E-state index contributed by atoms with van der Waals surface area (Å²) in [6, 6.07) is 0. The van der Waals surface area contributed by atoms with Crippen LogP contribution >= 0.6 is 70.4 Å². The van der Waals surface area contributed by atoms with E-state index in [1.807, 2.05) is 0 Å². The molecule has 0 atom stereocenters. The molecule has 0 aliphatic carbocycles. The Morgan fingerprint density at radius 2 is 0.311 bits per heavy atom. The van der Waals surface area contributed by atoms with Gasteiger partial charge in [-0.1, -0.05) is 0 Å². The summed E-state index contributed by atoms with van der Waals surface area (Å²) in [5.74, 6) is 0. The van der Waals surface area contributed by atoms with E-state index in [-0.39, 0.29) is 106 Å². The first kappa shape index (κ1) is 71.0. The molecule has 45 heavy (non-hydrogen) atoms. The summed E-state index contributed by atoms with van der Waals surface area (Å²) in [4.78, 5) is 121. The molecule has 0 saturated carbocycles. The predicted octanol–water partition coefficient (Wildman–Crippen LogP) is -8.01. The normalized spacial score (nSPS) is 12.6. The van der Waals surface area contributed by atoms with Crippen LogP contribution in [-0.2, 0) is 86.4 Å². The van der Waals surface area contributed by atoms with Crippen molar-refractivity contribution in [1.82, 2.24) is 0 Å². The van der Waals surface area contributed by atoms with E-state index in [0.29, 0.717) is 0 Å². The fourth-order valence-corrected chi connectivity index (χ4v) is 8.47. The number of rotatable bonds is 12. The second-order valence-electron chi connectivity index (χ2n) is 4.84. The van der Waals surface area contributed by atoms with Crippen molar-refractivity contribution < 1.29 is 160 Å². The Morgan fingerprint density at radius 3 is 0.356 bits per heavy atom. The van der Waals surface area contributed by atoms with Crippen LogP contribution in [0, 0.1) is 0 Å². The number of hydrogen-bond donors (Lipinski definition) is 15. The fourth-order valence-electron chi connectivity index (χ4n) is 0.851. The fraction of sp³-hybridized carbons (Fsp3) is 0. The van der Waals surface area contributed by atoms with Gasteiger partial charge in [0, 0.05) is 19.5 Å².